The lowest BCUT2D eigenvalue weighted by molar-refractivity contribution is 0.0198. The lowest BCUT2D eigenvalue weighted by Gasteiger charge is -2.49. The number of rotatable bonds is 0. The summed E-state index contributed by atoms with van der Waals surface area (Å²) < 4.78 is 0. The van der Waals surface area contributed by atoms with Crippen molar-refractivity contribution in [1.82, 2.24) is 0 Å². The number of hydrogen-bond acceptors (Lipinski definition) is 0. The fourth-order valence-corrected chi connectivity index (χ4v) is 16.7. The molecule has 0 nitrogen and oxygen atoms in total. The van der Waals surface area contributed by atoms with Crippen LogP contribution in [0.3, 0.4) is 0 Å². The van der Waals surface area contributed by atoms with Gasteiger partial charge in [-0.05, 0) is 166 Å². The van der Waals surface area contributed by atoms with Crippen LogP contribution >= 0.6 is 0 Å². The second-order valence-corrected chi connectivity index (χ2v) is 24.3. The fraction of sp³-hybridized carbons (Fsp3) is 1.00. The monoisotopic (exact) mass is 1030 g/mol. The molecule has 0 aromatic carbocycles. The molecule has 0 heteroatoms. The zero-order chi connectivity index (χ0) is 54.5. The molecule has 0 N–H and O–H groups in total. The third-order valence-electron chi connectivity index (χ3n) is 19.9. The van der Waals surface area contributed by atoms with Gasteiger partial charge in [0.1, 0.15) is 0 Å². The Morgan fingerprint density at radius 3 is 0.452 bits per heavy atom. The molecule has 73 heavy (non-hydrogen) atoms. The summed E-state index contributed by atoms with van der Waals surface area (Å²) in [5.74, 6) is 16.7. The van der Waals surface area contributed by atoms with Crippen LogP contribution < -0.4 is 0 Å². The van der Waals surface area contributed by atoms with E-state index in [0.717, 1.165) is 11.8 Å². The minimum atomic E-state index is 1.16. The van der Waals surface area contributed by atoms with Gasteiger partial charge in [0.15, 0.2) is 0 Å². The molecule has 0 amide bonds. The number of fused-ring (bicyclic) bond motifs is 12. The van der Waals surface area contributed by atoms with E-state index in [1.54, 1.807) is 135 Å². The van der Waals surface area contributed by atoms with Crippen molar-refractivity contribution in [2.45, 2.75) is 387 Å². The van der Waals surface area contributed by atoms with Crippen LogP contribution in [-0.2, 0) is 0 Å². The van der Waals surface area contributed by atoms with E-state index in [1.165, 1.54) is 212 Å². The molecule has 10 bridgehead atoms. The van der Waals surface area contributed by atoms with Crippen molar-refractivity contribution in [3.63, 3.8) is 0 Å². The Morgan fingerprint density at radius 1 is 0.137 bits per heavy atom. The summed E-state index contributed by atoms with van der Waals surface area (Å²) >= 11 is 0. The van der Waals surface area contributed by atoms with Gasteiger partial charge in [0.2, 0.25) is 0 Å². The molecule has 0 aromatic rings. The van der Waals surface area contributed by atoms with Crippen molar-refractivity contribution < 1.29 is 0 Å². The van der Waals surface area contributed by atoms with E-state index < -0.39 is 0 Å². The summed E-state index contributed by atoms with van der Waals surface area (Å²) in [4.78, 5) is 0. The van der Waals surface area contributed by atoms with Gasteiger partial charge >= 0.3 is 0 Å². The van der Waals surface area contributed by atoms with Crippen molar-refractivity contribution in [2.24, 2.45) is 82.9 Å². The highest BCUT2D eigenvalue weighted by atomic mass is 14.6. The molecule has 4 atom stereocenters. The van der Waals surface area contributed by atoms with Crippen LogP contribution in [0, 0.1) is 82.9 Å². The van der Waals surface area contributed by atoms with Crippen LogP contribution in [0.5, 0.6) is 0 Å². The second-order valence-electron chi connectivity index (χ2n) is 24.3. The molecule has 0 saturated heterocycles. The summed E-state index contributed by atoms with van der Waals surface area (Å²) in [7, 11) is 0. The van der Waals surface area contributed by atoms with Gasteiger partial charge in [-0.15, -0.1) is 0 Å². The third kappa shape index (κ3) is 29.2. The number of hydrogen-bond donors (Lipinski definition) is 0. The zero-order valence-electron chi connectivity index (χ0n) is 54.5. The van der Waals surface area contributed by atoms with E-state index in [2.05, 4.69) is 0 Å². The van der Waals surface area contributed by atoms with Gasteiger partial charge in [-0.25, -0.2) is 0 Å². The normalized spacial score (nSPS) is 35.5. The summed E-state index contributed by atoms with van der Waals surface area (Å²) in [5.41, 5.74) is 0. The van der Waals surface area contributed by atoms with Gasteiger partial charge < -0.3 is 0 Å². The second kappa shape index (κ2) is 50.2. The van der Waals surface area contributed by atoms with Gasteiger partial charge in [-0.1, -0.05) is 303 Å². The van der Waals surface area contributed by atoms with Crippen LogP contribution in [-0.4, -0.2) is 0 Å². The van der Waals surface area contributed by atoms with Crippen LogP contribution in [0.2, 0.25) is 0 Å². The van der Waals surface area contributed by atoms with Crippen LogP contribution in [0.25, 0.3) is 0 Å². The molecule has 0 aromatic heterocycles. The van der Waals surface area contributed by atoms with Crippen molar-refractivity contribution in [2.75, 3.05) is 0 Å². The van der Waals surface area contributed by atoms with Gasteiger partial charge in [0, 0.05) is 0 Å². The SMILES string of the molecule is C1C2CC3CC1CC(C2)C3.C1CC1.C1CC2CC1C1C3CCC(C3)C21.C1CC2CCC1C2.C1CCC1.C1CCC2CCCCC2C1.C1CCCC1.C1CCCCC1.CC.CC.CC.CC.CC.CC.CC.CC. The molecule has 440 valence electrons. The largest absolute Gasteiger partial charge is 0.0683 e. The quantitative estimate of drug-likeness (QED) is 0.212. The maximum atomic E-state index is 2.00. The highest BCUT2D eigenvalue weighted by Crippen LogP contribution is 2.67. The van der Waals surface area contributed by atoms with E-state index in [4.69, 9.17) is 0 Å². The minimum absolute atomic E-state index is 1.16. The standard InChI is InChI=1S/C12H18.C10H16.C10H18.C7H12.C6H12.C5H10.C4H8.C3H6.8C2H6/c1-2-8-5-7(1)11-9-3-4-10(6-9)12(8)11;1-7-2-9-4-8(1)5-10(3-7)6-9;1-2-6-10-8-4-3-7-9(10)5-1;1-2-7-4-3-6(1)5-7;1-2-4-6-5-3-1;1-2-4-5-3-1;1-2-4-3-1;1-2-3-1;8*1-2/h7-12H,1-6H2;7-10H,1-6H2;9-10H,1-8H2;6-7H,1-5H2;1-6H2;1-5H2;1-4H2;1-3H2;8*1-2H3. The molecule has 16 rings (SSSR count). The Balaban J connectivity index is 0.000000798. The van der Waals surface area contributed by atoms with Gasteiger partial charge in [-0.3, -0.25) is 0 Å². The van der Waals surface area contributed by atoms with Gasteiger partial charge in [-0.2, -0.15) is 0 Å². The van der Waals surface area contributed by atoms with Crippen molar-refractivity contribution >= 4 is 0 Å². The molecule has 16 saturated carbocycles. The Bertz CT molecular complexity index is 903. The molecule has 16 aliphatic rings. The highest BCUT2D eigenvalue weighted by Gasteiger charge is 2.59. The van der Waals surface area contributed by atoms with E-state index in [-0.39, 0.29) is 0 Å². The van der Waals surface area contributed by atoms with Crippen molar-refractivity contribution in [3.05, 3.63) is 0 Å². The molecule has 16 fully saturated rings. The molecule has 0 radical (unpaired) electrons. The van der Waals surface area contributed by atoms with Crippen molar-refractivity contribution in [3.8, 4) is 0 Å². The molecular formula is C73H148. The first kappa shape index (κ1) is 73.0. The Hall–Kier alpha value is 0. The van der Waals surface area contributed by atoms with E-state index in [0.29, 0.717) is 0 Å². The first-order valence-electron chi connectivity index (χ1n) is 36.2. The molecule has 0 spiro atoms. The lowest BCUT2D eigenvalue weighted by atomic mass is 9.56. The fourth-order valence-electron chi connectivity index (χ4n) is 16.7. The maximum Gasteiger partial charge on any atom is -0.0323 e. The molecule has 16 aliphatic carbocycles. The zero-order valence-corrected chi connectivity index (χ0v) is 54.5. The van der Waals surface area contributed by atoms with Crippen molar-refractivity contribution in [1.29, 1.82) is 0 Å². The van der Waals surface area contributed by atoms with Gasteiger partial charge in [0.25, 0.3) is 0 Å². The average molecular weight is 1030 g/mol. The average Bonchev–Trinajstić information content (AvgIpc) is 4.23. The Labute approximate surface area is 467 Å². The first-order chi connectivity index (χ1) is 36.2. The summed E-state index contributed by atoms with van der Waals surface area (Å²) in [5, 5.41) is 0. The van der Waals surface area contributed by atoms with Gasteiger partial charge in [0.05, 0.1) is 0 Å². The van der Waals surface area contributed by atoms with Crippen LogP contribution in [0.1, 0.15) is 387 Å². The predicted octanol–water partition coefficient (Wildman–Crippen LogP) is 26.7. The minimum Gasteiger partial charge on any atom is -0.0683 e. The van der Waals surface area contributed by atoms with E-state index >= 15 is 0 Å². The van der Waals surface area contributed by atoms with Crippen LogP contribution in [0.15, 0.2) is 0 Å². The Kier molecular flexibility index (Phi) is 50.2. The van der Waals surface area contributed by atoms with E-state index in [9.17, 15) is 0 Å². The highest BCUT2D eigenvalue weighted by molar-refractivity contribution is 5.08. The topological polar surface area (TPSA) is 0 Å². The lowest BCUT2D eigenvalue weighted by Crippen LogP contribution is -2.38. The third-order valence-corrected chi connectivity index (χ3v) is 19.9. The summed E-state index contributed by atoms with van der Waals surface area (Å²) in [6.45, 7) is 32.0. The molecular weight excluding hydrogens is 877 g/mol. The predicted molar refractivity (Wildman–Crippen MR) is 338 cm³/mol. The Morgan fingerprint density at radius 2 is 0.301 bits per heavy atom. The molecule has 0 aliphatic heterocycles. The van der Waals surface area contributed by atoms with Crippen LogP contribution in [0.4, 0.5) is 0 Å². The smallest absolute Gasteiger partial charge is 0.0323 e. The molecule has 0 heterocycles. The summed E-state index contributed by atoms with van der Waals surface area (Å²) in [6.07, 6.45) is 66.5. The first-order valence-corrected chi connectivity index (χ1v) is 36.2. The molecule has 4 unspecified atom stereocenters. The van der Waals surface area contributed by atoms with E-state index in [1.807, 2.05) is 111 Å². The summed E-state index contributed by atoms with van der Waals surface area (Å²) in [6, 6.07) is 0. The maximum absolute atomic E-state index is 2.00.